The predicted octanol–water partition coefficient (Wildman–Crippen LogP) is 3.57. The van der Waals surface area contributed by atoms with Gasteiger partial charge in [-0.2, -0.15) is 11.3 Å². The number of anilines is 1. The van der Waals surface area contributed by atoms with Gasteiger partial charge in [0, 0.05) is 43.2 Å². The quantitative estimate of drug-likeness (QED) is 0.551. The van der Waals surface area contributed by atoms with Crippen LogP contribution in [0.5, 0.6) is 17.2 Å². The minimum atomic E-state index is -0.335. The lowest BCUT2D eigenvalue weighted by Crippen LogP contribution is -2.39. The standard InChI is InChI=1S/C23H29N3O4S/c1-28-20-10-19-18(21(29-2)22(20)30-3)9-16(12-24-11-15-6-8-31-14-15)23(25-19)26-7-4-5-17(27)13-26/h6,8-10,14,17,24,27H,4-5,7,11-13H2,1-3H3/t17-/m1/s1. The Morgan fingerprint density at radius 2 is 2.00 bits per heavy atom. The van der Waals surface area contributed by atoms with Crippen LogP contribution in [0.25, 0.3) is 10.9 Å². The third kappa shape index (κ3) is 4.56. The molecule has 166 valence electrons. The van der Waals surface area contributed by atoms with Gasteiger partial charge in [-0.15, -0.1) is 0 Å². The molecule has 0 unspecified atom stereocenters. The van der Waals surface area contributed by atoms with Crippen LogP contribution in [0, 0.1) is 0 Å². The van der Waals surface area contributed by atoms with E-state index in [9.17, 15) is 5.11 Å². The molecule has 1 atom stereocenters. The molecule has 4 rings (SSSR count). The normalized spacial score (nSPS) is 16.5. The van der Waals surface area contributed by atoms with Crippen molar-refractivity contribution in [3.8, 4) is 17.2 Å². The van der Waals surface area contributed by atoms with Crippen molar-refractivity contribution in [1.82, 2.24) is 10.3 Å². The molecule has 1 fully saturated rings. The maximum atomic E-state index is 10.2. The van der Waals surface area contributed by atoms with Crippen LogP contribution in [0.3, 0.4) is 0 Å². The fourth-order valence-electron chi connectivity index (χ4n) is 4.11. The van der Waals surface area contributed by atoms with Gasteiger partial charge in [0.25, 0.3) is 0 Å². The summed E-state index contributed by atoms with van der Waals surface area (Å²) in [7, 11) is 4.83. The van der Waals surface area contributed by atoms with Crippen LogP contribution in [-0.2, 0) is 13.1 Å². The molecule has 0 radical (unpaired) electrons. The average Bonchev–Trinajstić information content (AvgIpc) is 3.30. The first kappa shape index (κ1) is 21.7. The molecular weight excluding hydrogens is 414 g/mol. The molecule has 3 aromatic rings. The molecule has 1 saturated heterocycles. The third-order valence-electron chi connectivity index (χ3n) is 5.60. The van der Waals surface area contributed by atoms with Crippen molar-refractivity contribution < 1.29 is 19.3 Å². The number of β-amino-alcohol motifs (C(OH)–C–C–N with tert-alkyl or cyclic N) is 1. The van der Waals surface area contributed by atoms with E-state index in [-0.39, 0.29) is 6.10 Å². The smallest absolute Gasteiger partial charge is 0.204 e. The second kappa shape index (κ2) is 9.72. The topological polar surface area (TPSA) is 76.1 Å². The lowest BCUT2D eigenvalue weighted by molar-refractivity contribution is 0.154. The Labute approximate surface area is 186 Å². The molecule has 0 spiro atoms. The number of thiophene rings is 1. The van der Waals surface area contributed by atoms with Gasteiger partial charge in [-0.1, -0.05) is 0 Å². The number of aliphatic hydroxyl groups excluding tert-OH is 1. The summed E-state index contributed by atoms with van der Waals surface area (Å²) < 4.78 is 16.8. The average molecular weight is 444 g/mol. The van der Waals surface area contributed by atoms with E-state index in [1.165, 1.54) is 5.56 Å². The van der Waals surface area contributed by atoms with Crippen LogP contribution in [0.15, 0.2) is 29.0 Å². The number of piperidine rings is 1. The molecule has 0 saturated carbocycles. The number of aromatic nitrogens is 1. The number of nitrogens with one attached hydrogen (secondary N) is 1. The predicted molar refractivity (Wildman–Crippen MR) is 124 cm³/mol. The van der Waals surface area contributed by atoms with Crippen molar-refractivity contribution in [2.75, 3.05) is 39.3 Å². The molecule has 0 aliphatic carbocycles. The van der Waals surface area contributed by atoms with E-state index < -0.39 is 0 Å². The molecule has 3 heterocycles. The first-order chi connectivity index (χ1) is 15.1. The molecule has 1 aliphatic heterocycles. The van der Waals surface area contributed by atoms with E-state index in [0.717, 1.165) is 48.2 Å². The summed E-state index contributed by atoms with van der Waals surface area (Å²) in [6, 6.07) is 6.11. The van der Waals surface area contributed by atoms with E-state index in [1.54, 1.807) is 32.7 Å². The van der Waals surface area contributed by atoms with Crippen molar-refractivity contribution in [2.45, 2.75) is 32.0 Å². The summed E-state index contributed by atoms with van der Waals surface area (Å²) in [5.74, 6) is 2.62. The summed E-state index contributed by atoms with van der Waals surface area (Å²) in [6.07, 6.45) is 1.44. The number of fused-ring (bicyclic) bond motifs is 1. The Morgan fingerprint density at radius 1 is 1.16 bits per heavy atom. The highest BCUT2D eigenvalue weighted by atomic mass is 32.1. The van der Waals surface area contributed by atoms with Gasteiger partial charge in [-0.25, -0.2) is 4.98 Å². The fraction of sp³-hybridized carbons (Fsp3) is 0.435. The SMILES string of the molecule is COc1cc2nc(N3CCC[C@@H](O)C3)c(CNCc3ccsc3)cc2c(OC)c1OC. The molecular formula is C23H29N3O4S. The number of benzene rings is 1. The van der Waals surface area contributed by atoms with E-state index >= 15 is 0 Å². The number of rotatable bonds is 8. The molecule has 31 heavy (non-hydrogen) atoms. The van der Waals surface area contributed by atoms with Crippen LogP contribution in [0.1, 0.15) is 24.0 Å². The summed E-state index contributed by atoms with van der Waals surface area (Å²) in [5.41, 5.74) is 3.09. The van der Waals surface area contributed by atoms with Crippen LogP contribution >= 0.6 is 11.3 Å². The van der Waals surface area contributed by atoms with Gasteiger partial charge in [0.05, 0.1) is 33.0 Å². The molecule has 1 aliphatic rings. The summed E-state index contributed by atoms with van der Waals surface area (Å²) >= 11 is 1.70. The maximum absolute atomic E-state index is 10.2. The van der Waals surface area contributed by atoms with Gasteiger partial charge in [-0.3, -0.25) is 0 Å². The number of pyridine rings is 1. The van der Waals surface area contributed by atoms with E-state index in [4.69, 9.17) is 19.2 Å². The van der Waals surface area contributed by atoms with Crippen LogP contribution in [0.4, 0.5) is 5.82 Å². The largest absolute Gasteiger partial charge is 0.493 e. The second-order valence-electron chi connectivity index (χ2n) is 7.66. The third-order valence-corrected chi connectivity index (χ3v) is 6.33. The van der Waals surface area contributed by atoms with Crippen molar-refractivity contribution in [1.29, 1.82) is 0 Å². The Morgan fingerprint density at radius 3 is 2.68 bits per heavy atom. The summed E-state index contributed by atoms with van der Waals surface area (Å²) in [6.45, 7) is 2.89. The van der Waals surface area contributed by atoms with Gasteiger partial charge in [0.2, 0.25) is 5.75 Å². The molecule has 7 nitrogen and oxygen atoms in total. The Kier molecular flexibility index (Phi) is 6.80. The molecule has 1 aromatic carbocycles. The summed E-state index contributed by atoms with van der Waals surface area (Å²) in [5, 5.41) is 18.9. The van der Waals surface area contributed by atoms with E-state index in [0.29, 0.717) is 30.3 Å². The summed E-state index contributed by atoms with van der Waals surface area (Å²) in [4.78, 5) is 7.18. The van der Waals surface area contributed by atoms with Crippen molar-refractivity contribution in [2.24, 2.45) is 0 Å². The highest BCUT2D eigenvalue weighted by Crippen LogP contribution is 2.44. The van der Waals surface area contributed by atoms with E-state index in [2.05, 4.69) is 33.1 Å². The molecule has 2 aromatic heterocycles. The van der Waals surface area contributed by atoms with E-state index in [1.807, 2.05) is 6.07 Å². The van der Waals surface area contributed by atoms with Crippen molar-refractivity contribution in [3.63, 3.8) is 0 Å². The first-order valence-electron chi connectivity index (χ1n) is 10.4. The van der Waals surface area contributed by atoms with Crippen LogP contribution in [0.2, 0.25) is 0 Å². The Balaban J connectivity index is 1.77. The van der Waals surface area contributed by atoms with Gasteiger partial charge in [0.15, 0.2) is 11.5 Å². The Hall–Kier alpha value is -2.55. The highest BCUT2D eigenvalue weighted by molar-refractivity contribution is 7.07. The molecule has 2 N–H and O–H groups in total. The molecule has 8 heteroatoms. The number of aliphatic hydroxyl groups is 1. The van der Waals surface area contributed by atoms with Crippen molar-refractivity contribution in [3.05, 3.63) is 40.1 Å². The minimum Gasteiger partial charge on any atom is -0.493 e. The Bertz CT molecular complexity index is 1030. The maximum Gasteiger partial charge on any atom is 0.204 e. The lowest BCUT2D eigenvalue weighted by atomic mass is 10.1. The zero-order valence-corrected chi connectivity index (χ0v) is 19.0. The van der Waals surface area contributed by atoms with Gasteiger partial charge < -0.3 is 29.5 Å². The van der Waals surface area contributed by atoms with Crippen LogP contribution < -0.4 is 24.4 Å². The number of ether oxygens (including phenoxy) is 3. The number of nitrogens with zero attached hydrogens (tertiary/aromatic N) is 2. The van der Waals surface area contributed by atoms with Gasteiger partial charge in [0.1, 0.15) is 5.82 Å². The number of methoxy groups -OCH3 is 3. The number of hydrogen-bond donors (Lipinski definition) is 2. The van der Waals surface area contributed by atoms with Gasteiger partial charge in [-0.05, 0) is 41.3 Å². The minimum absolute atomic E-state index is 0.335. The second-order valence-corrected chi connectivity index (χ2v) is 8.44. The number of hydrogen-bond acceptors (Lipinski definition) is 8. The molecule has 0 bridgehead atoms. The fourth-order valence-corrected chi connectivity index (χ4v) is 4.78. The van der Waals surface area contributed by atoms with Crippen molar-refractivity contribution >= 4 is 28.1 Å². The van der Waals surface area contributed by atoms with Gasteiger partial charge >= 0.3 is 0 Å². The first-order valence-corrected chi connectivity index (χ1v) is 11.4. The molecule has 0 amide bonds. The zero-order chi connectivity index (χ0) is 21.8. The highest BCUT2D eigenvalue weighted by Gasteiger charge is 2.24. The monoisotopic (exact) mass is 443 g/mol. The lowest BCUT2D eigenvalue weighted by Gasteiger charge is -2.32. The zero-order valence-electron chi connectivity index (χ0n) is 18.2. The van der Waals surface area contributed by atoms with Crippen LogP contribution in [-0.4, -0.2) is 50.6 Å².